The second kappa shape index (κ2) is 8.81. The molecule has 0 spiro atoms. The van der Waals surface area contributed by atoms with Gasteiger partial charge in [0, 0.05) is 43.8 Å². The Hall–Kier alpha value is -1.67. The van der Waals surface area contributed by atoms with Crippen LogP contribution in [0.1, 0.15) is 18.4 Å². The normalized spacial score (nSPS) is 20.3. The van der Waals surface area contributed by atoms with Gasteiger partial charge in [-0.05, 0) is 43.0 Å². The summed E-state index contributed by atoms with van der Waals surface area (Å²) >= 11 is 3.32. The lowest BCUT2D eigenvalue weighted by Gasteiger charge is -2.35. The van der Waals surface area contributed by atoms with Crippen molar-refractivity contribution in [1.29, 1.82) is 0 Å². The molecule has 2 aliphatic rings. The molecule has 2 saturated heterocycles. The molecule has 0 aliphatic carbocycles. The summed E-state index contributed by atoms with van der Waals surface area (Å²) in [5, 5.41) is 2.82. The minimum absolute atomic E-state index is 0.0349. The summed E-state index contributed by atoms with van der Waals surface area (Å²) in [4.78, 5) is 28.0. The van der Waals surface area contributed by atoms with Crippen LogP contribution in [-0.2, 0) is 16.0 Å². The van der Waals surface area contributed by atoms with E-state index in [1.807, 2.05) is 0 Å². The zero-order chi connectivity index (χ0) is 18.5. The number of carbonyl (C=O) groups is 2. The van der Waals surface area contributed by atoms with Gasteiger partial charge in [-0.2, -0.15) is 0 Å². The van der Waals surface area contributed by atoms with Crippen molar-refractivity contribution in [3.8, 4) is 0 Å². The first-order chi connectivity index (χ1) is 12.5. The molecule has 3 rings (SSSR count). The Kier molecular flexibility index (Phi) is 6.48. The number of hydrogen-bond acceptors (Lipinski definition) is 3. The highest BCUT2D eigenvalue weighted by molar-refractivity contribution is 9.10. The number of carbonyl (C=O) groups excluding carboxylic acids is 2. The van der Waals surface area contributed by atoms with E-state index in [9.17, 15) is 14.0 Å². The molecule has 2 heterocycles. The van der Waals surface area contributed by atoms with E-state index in [0.29, 0.717) is 51.3 Å². The Morgan fingerprint density at radius 1 is 1.23 bits per heavy atom. The number of nitrogens with zero attached hydrogens (tertiary/aromatic N) is 2. The molecule has 6 nitrogen and oxygen atoms in total. The molecule has 1 aromatic rings. The van der Waals surface area contributed by atoms with Crippen LogP contribution in [-0.4, -0.2) is 67.2 Å². The molecule has 0 saturated carbocycles. The molecule has 2 aliphatic heterocycles. The zero-order valence-corrected chi connectivity index (χ0v) is 16.1. The van der Waals surface area contributed by atoms with Gasteiger partial charge in [-0.1, -0.05) is 15.9 Å². The van der Waals surface area contributed by atoms with Crippen LogP contribution in [0.3, 0.4) is 0 Å². The standard InChI is InChI=1S/C18H23BrFN3O3/c19-14-3-4-15(20)13(12-14)5-6-21-18(25)23-9-7-22(8-10-23)17(24)16-2-1-11-26-16/h3-4,12,16H,1-2,5-11H2,(H,21,25). The van der Waals surface area contributed by atoms with Crippen LogP contribution in [0, 0.1) is 5.82 Å². The van der Waals surface area contributed by atoms with E-state index in [4.69, 9.17) is 4.74 Å². The Morgan fingerprint density at radius 2 is 1.96 bits per heavy atom. The van der Waals surface area contributed by atoms with Gasteiger partial charge in [0.15, 0.2) is 0 Å². The molecular weight excluding hydrogens is 405 g/mol. The third-order valence-corrected chi connectivity index (χ3v) is 5.26. The van der Waals surface area contributed by atoms with E-state index in [2.05, 4.69) is 21.2 Å². The summed E-state index contributed by atoms with van der Waals surface area (Å²) in [6.07, 6.45) is 1.83. The first-order valence-electron chi connectivity index (χ1n) is 8.91. The molecule has 26 heavy (non-hydrogen) atoms. The molecule has 1 unspecified atom stereocenters. The van der Waals surface area contributed by atoms with Gasteiger partial charge >= 0.3 is 6.03 Å². The molecule has 0 aromatic heterocycles. The summed E-state index contributed by atoms with van der Waals surface area (Å²) in [6.45, 7) is 3.04. The van der Waals surface area contributed by atoms with Gasteiger partial charge in [0.25, 0.3) is 5.91 Å². The number of benzene rings is 1. The minimum atomic E-state index is -0.310. The van der Waals surface area contributed by atoms with E-state index in [-0.39, 0.29) is 23.9 Å². The fourth-order valence-electron chi connectivity index (χ4n) is 3.26. The molecule has 142 valence electrons. The van der Waals surface area contributed by atoms with Crippen molar-refractivity contribution in [1.82, 2.24) is 15.1 Å². The summed E-state index contributed by atoms with van der Waals surface area (Å²) in [5.74, 6) is -0.239. The maximum Gasteiger partial charge on any atom is 0.317 e. The van der Waals surface area contributed by atoms with Gasteiger partial charge in [-0.25, -0.2) is 9.18 Å². The number of hydrogen-bond donors (Lipinski definition) is 1. The zero-order valence-electron chi connectivity index (χ0n) is 14.5. The molecule has 1 aromatic carbocycles. The topological polar surface area (TPSA) is 61.9 Å². The third-order valence-electron chi connectivity index (χ3n) is 4.76. The lowest BCUT2D eigenvalue weighted by molar-refractivity contribution is -0.142. The maximum atomic E-state index is 13.7. The number of rotatable bonds is 4. The highest BCUT2D eigenvalue weighted by atomic mass is 79.9. The number of amides is 3. The average molecular weight is 428 g/mol. The second-order valence-corrected chi connectivity index (χ2v) is 7.45. The highest BCUT2D eigenvalue weighted by Crippen LogP contribution is 2.17. The number of halogens is 2. The predicted octanol–water partition coefficient (Wildman–Crippen LogP) is 2.16. The van der Waals surface area contributed by atoms with Crippen molar-refractivity contribution >= 4 is 27.9 Å². The Bertz CT molecular complexity index is 659. The highest BCUT2D eigenvalue weighted by Gasteiger charge is 2.31. The van der Waals surface area contributed by atoms with Gasteiger partial charge < -0.3 is 19.9 Å². The molecule has 2 fully saturated rings. The van der Waals surface area contributed by atoms with E-state index in [0.717, 1.165) is 17.3 Å². The first kappa shape index (κ1) is 19.1. The number of ether oxygens (including phenoxy) is 1. The van der Waals surface area contributed by atoms with Crippen molar-refractivity contribution in [2.24, 2.45) is 0 Å². The van der Waals surface area contributed by atoms with Gasteiger partial charge in [0.2, 0.25) is 0 Å². The van der Waals surface area contributed by atoms with E-state index < -0.39 is 0 Å². The quantitative estimate of drug-likeness (QED) is 0.800. The fourth-order valence-corrected chi connectivity index (χ4v) is 3.67. The van der Waals surface area contributed by atoms with Crippen molar-refractivity contribution in [3.63, 3.8) is 0 Å². The van der Waals surface area contributed by atoms with Gasteiger partial charge in [0.05, 0.1) is 0 Å². The van der Waals surface area contributed by atoms with Crippen molar-refractivity contribution in [2.75, 3.05) is 39.3 Å². The molecule has 3 amide bonds. The van der Waals surface area contributed by atoms with Crippen molar-refractivity contribution in [2.45, 2.75) is 25.4 Å². The molecule has 0 radical (unpaired) electrons. The van der Waals surface area contributed by atoms with Crippen LogP contribution in [0.25, 0.3) is 0 Å². The number of nitrogens with one attached hydrogen (secondary N) is 1. The molecular formula is C18H23BrFN3O3. The molecule has 8 heteroatoms. The maximum absolute atomic E-state index is 13.7. The predicted molar refractivity (Wildman–Crippen MR) is 98.3 cm³/mol. The monoisotopic (exact) mass is 427 g/mol. The van der Waals surface area contributed by atoms with Crippen LogP contribution in [0.5, 0.6) is 0 Å². The van der Waals surface area contributed by atoms with Crippen LogP contribution in [0.2, 0.25) is 0 Å². The fraction of sp³-hybridized carbons (Fsp3) is 0.556. The first-order valence-corrected chi connectivity index (χ1v) is 9.71. The summed E-state index contributed by atoms with van der Waals surface area (Å²) in [5.41, 5.74) is 0.562. The molecule has 0 bridgehead atoms. The van der Waals surface area contributed by atoms with Crippen molar-refractivity contribution < 1.29 is 18.7 Å². The lowest BCUT2D eigenvalue weighted by atomic mass is 10.1. The second-order valence-electron chi connectivity index (χ2n) is 6.53. The van der Waals surface area contributed by atoms with E-state index in [1.54, 1.807) is 21.9 Å². The number of urea groups is 1. The minimum Gasteiger partial charge on any atom is -0.368 e. The van der Waals surface area contributed by atoms with Crippen molar-refractivity contribution in [3.05, 3.63) is 34.1 Å². The van der Waals surface area contributed by atoms with Crippen LogP contribution >= 0.6 is 15.9 Å². The van der Waals surface area contributed by atoms with Gasteiger partial charge in [-0.3, -0.25) is 4.79 Å². The largest absolute Gasteiger partial charge is 0.368 e. The lowest BCUT2D eigenvalue weighted by Crippen LogP contribution is -2.55. The van der Waals surface area contributed by atoms with E-state index >= 15 is 0 Å². The summed E-state index contributed by atoms with van der Waals surface area (Å²) < 4.78 is 20.0. The molecule has 1 N–H and O–H groups in total. The van der Waals surface area contributed by atoms with Crippen LogP contribution in [0.15, 0.2) is 22.7 Å². The average Bonchev–Trinajstić information content (AvgIpc) is 3.18. The molecule has 1 atom stereocenters. The Labute approximate surface area is 160 Å². The Morgan fingerprint density at radius 3 is 2.65 bits per heavy atom. The van der Waals surface area contributed by atoms with E-state index in [1.165, 1.54) is 6.07 Å². The Balaban J connectivity index is 1.41. The van der Waals surface area contributed by atoms with Gasteiger partial charge in [-0.15, -0.1) is 0 Å². The van der Waals surface area contributed by atoms with Crippen LogP contribution < -0.4 is 5.32 Å². The summed E-state index contributed by atoms with van der Waals surface area (Å²) in [6, 6.07) is 4.60. The number of piperazine rings is 1. The smallest absolute Gasteiger partial charge is 0.317 e. The third kappa shape index (κ3) is 4.73. The SMILES string of the molecule is O=C(NCCc1cc(Br)ccc1F)N1CCN(C(=O)C2CCCO2)CC1. The summed E-state index contributed by atoms with van der Waals surface area (Å²) in [7, 11) is 0. The van der Waals surface area contributed by atoms with Crippen LogP contribution in [0.4, 0.5) is 9.18 Å². The van der Waals surface area contributed by atoms with Gasteiger partial charge in [0.1, 0.15) is 11.9 Å².